The molecule has 0 rings (SSSR count). The average Bonchev–Trinajstić information content (AvgIpc) is 1.97. The first-order valence-corrected chi connectivity index (χ1v) is 6.50. The molecule has 0 nitrogen and oxygen atoms in total. The van der Waals surface area contributed by atoms with Crippen LogP contribution in [0.25, 0.3) is 0 Å². The Morgan fingerprint density at radius 3 is 1.10 bits per heavy atom. The van der Waals surface area contributed by atoms with Crippen molar-refractivity contribution in [2.24, 2.45) is 0 Å². The molecule has 2 radical (unpaired) electrons. The Balaban J connectivity index is 2.65. The number of hydrogen-bond acceptors (Lipinski definition) is 0. The topological polar surface area (TPSA) is 0 Å². The summed E-state index contributed by atoms with van der Waals surface area (Å²) in [7, 11) is 0. The summed E-state index contributed by atoms with van der Waals surface area (Å²) in [6.45, 7) is 0. The fraction of sp³-hybridized carbons (Fsp3) is 1.00. The number of hydrogen-bond donors (Lipinski definition) is 0. The van der Waals surface area contributed by atoms with Crippen LogP contribution in [0.2, 0.25) is 10.6 Å². The molecule has 0 fully saturated rings. The van der Waals surface area contributed by atoms with Gasteiger partial charge in [-0.15, -0.1) is 0 Å². The van der Waals surface area contributed by atoms with E-state index in [-0.39, 0.29) is 0 Å². The van der Waals surface area contributed by atoms with E-state index in [1.165, 1.54) is 49.2 Å². The van der Waals surface area contributed by atoms with E-state index in [2.05, 4.69) is 32.0 Å². The van der Waals surface area contributed by atoms with Crippen molar-refractivity contribution >= 4 is 32.0 Å². The van der Waals surface area contributed by atoms with Crippen molar-refractivity contribution in [1.29, 1.82) is 0 Å². The predicted octanol–water partition coefficient (Wildman–Crippen LogP) is 2.50. The van der Waals surface area contributed by atoms with Crippen LogP contribution in [0.5, 0.6) is 0 Å². The zero-order valence-electron chi connectivity index (χ0n) is 6.47. The van der Waals surface area contributed by atoms with Gasteiger partial charge in [0.25, 0.3) is 0 Å². The van der Waals surface area contributed by atoms with Crippen LogP contribution in [0.4, 0.5) is 0 Å². The van der Waals surface area contributed by atoms with Gasteiger partial charge in [0, 0.05) is 0 Å². The first-order valence-electron chi connectivity index (χ1n) is 4.08. The van der Waals surface area contributed by atoms with E-state index in [4.69, 9.17) is 0 Å². The molecule has 0 aliphatic carbocycles. The van der Waals surface area contributed by atoms with Crippen LogP contribution < -0.4 is 0 Å². The zero-order chi connectivity index (χ0) is 7.66. The van der Waals surface area contributed by atoms with Gasteiger partial charge in [-0.05, 0) is 0 Å². The van der Waals surface area contributed by atoms with Gasteiger partial charge < -0.3 is 0 Å². The van der Waals surface area contributed by atoms with Gasteiger partial charge in [-0.25, -0.2) is 0 Å². The van der Waals surface area contributed by atoms with Crippen LogP contribution >= 0.6 is 0 Å². The van der Waals surface area contributed by atoms with Crippen molar-refractivity contribution in [1.82, 2.24) is 0 Å². The second-order valence-electron chi connectivity index (χ2n) is 2.53. The monoisotopic (exact) mass is 272 g/mol. The molecule has 0 spiro atoms. The molecular formula is C8H16Se2. The molecular weight excluding hydrogens is 254 g/mol. The molecule has 0 aliphatic rings. The van der Waals surface area contributed by atoms with Gasteiger partial charge in [0.15, 0.2) is 0 Å². The van der Waals surface area contributed by atoms with E-state index in [9.17, 15) is 0 Å². The zero-order valence-corrected chi connectivity index (χ0v) is 9.90. The van der Waals surface area contributed by atoms with Crippen LogP contribution in [0.1, 0.15) is 38.5 Å². The fourth-order valence-electron chi connectivity index (χ4n) is 0.911. The van der Waals surface area contributed by atoms with Crippen LogP contribution in [-0.4, -0.2) is 32.0 Å². The Labute approximate surface area is 81.2 Å². The first-order chi connectivity index (χ1) is 4.91. The van der Waals surface area contributed by atoms with E-state index < -0.39 is 0 Å². The number of unbranched alkanes of at least 4 members (excludes halogenated alkanes) is 5. The van der Waals surface area contributed by atoms with Gasteiger partial charge in [0.05, 0.1) is 0 Å². The minimum atomic E-state index is 1.24. The molecule has 0 saturated carbocycles. The van der Waals surface area contributed by atoms with E-state index in [0.717, 1.165) is 0 Å². The van der Waals surface area contributed by atoms with Gasteiger partial charge in [-0.1, -0.05) is 0 Å². The van der Waals surface area contributed by atoms with Crippen LogP contribution in [0, 0.1) is 0 Å². The Bertz CT molecular complexity index is 47.2. The Kier molecular flexibility index (Phi) is 11.1. The summed E-state index contributed by atoms with van der Waals surface area (Å²) in [6.07, 6.45) is 8.45. The summed E-state index contributed by atoms with van der Waals surface area (Å²) in [5, 5.41) is 2.48. The third kappa shape index (κ3) is 9.04. The standard InChI is InChI=1S/C8H16Se2/c9-7-5-3-1-2-4-6-8-10/h1-8H2. The van der Waals surface area contributed by atoms with Crippen molar-refractivity contribution < 1.29 is 0 Å². The molecule has 10 heavy (non-hydrogen) atoms. The molecule has 0 bridgehead atoms. The quantitative estimate of drug-likeness (QED) is 0.492. The van der Waals surface area contributed by atoms with Crippen molar-refractivity contribution in [2.45, 2.75) is 49.2 Å². The van der Waals surface area contributed by atoms with Crippen molar-refractivity contribution in [3.8, 4) is 0 Å². The van der Waals surface area contributed by atoms with Crippen molar-refractivity contribution in [3.05, 3.63) is 0 Å². The first kappa shape index (κ1) is 11.0. The molecule has 0 unspecified atom stereocenters. The maximum absolute atomic E-state index is 3.04. The molecule has 0 aromatic rings. The summed E-state index contributed by atoms with van der Waals surface area (Å²) in [6, 6.07) is 0. The van der Waals surface area contributed by atoms with Gasteiger partial charge in [0.2, 0.25) is 0 Å². The molecule has 0 aliphatic heterocycles. The molecule has 0 aromatic carbocycles. The predicted molar refractivity (Wildman–Crippen MR) is 48.8 cm³/mol. The Morgan fingerprint density at radius 2 is 0.800 bits per heavy atom. The van der Waals surface area contributed by atoms with Gasteiger partial charge in [-0.3, -0.25) is 0 Å². The van der Waals surface area contributed by atoms with Gasteiger partial charge in [0.1, 0.15) is 0 Å². The maximum atomic E-state index is 3.04. The van der Waals surface area contributed by atoms with Crippen LogP contribution in [0.3, 0.4) is 0 Å². The second kappa shape index (κ2) is 10.0. The molecule has 2 heteroatoms. The van der Waals surface area contributed by atoms with E-state index >= 15 is 0 Å². The summed E-state index contributed by atoms with van der Waals surface area (Å²) in [4.78, 5) is 0. The van der Waals surface area contributed by atoms with E-state index in [1.54, 1.807) is 0 Å². The van der Waals surface area contributed by atoms with E-state index in [0.29, 0.717) is 0 Å². The fourth-order valence-corrected chi connectivity index (χ4v) is 1.77. The third-order valence-corrected chi connectivity index (χ3v) is 2.75. The molecule has 0 heterocycles. The van der Waals surface area contributed by atoms with Crippen molar-refractivity contribution in [3.63, 3.8) is 0 Å². The van der Waals surface area contributed by atoms with Crippen molar-refractivity contribution in [2.75, 3.05) is 0 Å². The molecule has 0 saturated heterocycles. The van der Waals surface area contributed by atoms with E-state index in [1.807, 2.05) is 0 Å². The third-order valence-electron chi connectivity index (χ3n) is 1.54. The van der Waals surface area contributed by atoms with Crippen LogP contribution in [0.15, 0.2) is 0 Å². The summed E-state index contributed by atoms with van der Waals surface area (Å²) in [5.74, 6) is 0. The summed E-state index contributed by atoms with van der Waals surface area (Å²) >= 11 is 6.08. The Hall–Kier alpha value is 1.04. The molecule has 60 valence electrons. The Morgan fingerprint density at radius 1 is 0.500 bits per heavy atom. The van der Waals surface area contributed by atoms with Crippen LogP contribution in [-0.2, 0) is 0 Å². The molecule has 0 N–H and O–H groups in total. The molecule has 0 atom stereocenters. The second-order valence-corrected chi connectivity index (χ2v) is 4.24. The molecule has 0 aromatic heterocycles. The normalized spacial score (nSPS) is 10.2. The summed E-state index contributed by atoms with van der Waals surface area (Å²) in [5.41, 5.74) is 0. The van der Waals surface area contributed by atoms with Gasteiger partial charge in [-0.2, -0.15) is 0 Å². The van der Waals surface area contributed by atoms with Gasteiger partial charge >= 0.3 is 81.2 Å². The minimum absolute atomic E-state index is 1.24. The SMILES string of the molecule is [Se]CCCCCCCC[Se]. The number of rotatable bonds is 7. The average molecular weight is 270 g/mol. The molecule has 0 amide bonds. The summed E-state index contributed by atoms with van der Waals surface area (Å²) < 4.78 is 0.